The molecule has 0 saturated heterocycles. The Morgan fingerprint density at radius 3 is 2.78 bits per heavy atom. The van der Waals surface area contributed by atoms with E-state index in [9.17, 15) is 0 Å². The third-order valence-corrected chi connectivity index (χ3v) is 3.86. The van der Waals surface area contributed by atoms with Crippen LogP contribution < -0.4 is 5.73 Å². The highest BCUT2D eigenvalue weighted by atomic mass is 32.2. The zero-order valence-corrected chi connectivity index (χ0v) is 11.5. The number of aromatic nitrogens is 2. The number of benzene rings is 1. The summed E-state index contributed by atoms with van der Waals surface area (Å²) in [7, 11) is 0. The van der Waals surface area contributed by atoms with Crippen molar-refractivity contribution in [2.45, 2.75) is 37.0 Å². The summed E-state index contributed by atoms with van der Waals surface area (Å²) in [5, 5.41) is 0. The first-order valence-corrected chi connectivity index (χ1v) is 7.25. The maximum Gasteiger partial charge on any atom is 0.0948 e. The lowest BCUT2D eigenvalue weighted by Crippen LogP contribution is -2.00. The molecule has 0 radical (unpaired) electrons. The standard InChI is InChI=1S/C14H19N3S/c1-2-3-8-17-11-16-9-13(17)10-18-14-6-4-12(15)5-7-14/h4-7,9,11H,2-3,8,10,15H2,1H3. The summed E-state index contributed by atoms with van der Waals surface area (Å²) in [6.07, 6.45) is 6.30. The van der Waals surface area contributed by atoms with Gasteiger partial charge in [0.1, 0.15) is 0 Å². The van der Waals surface area contributed by atoms with Crippen molar-refractivity contribution in [2.24, 2.45) is 0 Å². The zero-order chi connectivity index (χ0) is 12.8. The Morgan fingerprint density at radius 2 is 2.06 bits per heavy atom. The maximum atomic E-state index is 5.67. The van der Waals surface area contributed by atoms with Crippen molar-refractivity contribution in [3.8, 4) is 0 Å². The fourth-order valence-corrected chi connectivity index (χ4v) is 2.60. The van der Waals surface area contributed by atoms with Crippen molar-refractivity contribution in [3.05, 3.63) is 42.5 Å². The van der Waals surface area contributed by atoms with Crippen LogP contribution in [0, 0.1) is 0 Å². The van der Waals surface area contributed by atoms with Crippen LogP contribution in [0.5, 0.6) is 0 Å². The molecule has 4 heteroatoms. The average molecular weight is 261 g/mol. The zero-order valence-electron chi connectivity index (χ0n) is 10.7. The molecule has 0 saturated carbocycles. The number of hydrogen-bond acceptors (Lipinski definition) is 3. The molecule has 0 amide bonds. The molecule has 0 aliphatic heterocycles. The van der Waals surface area contributed by atoms with Gasteiger partial charge in [0.15, 0.2) is 0 Å². The van der Waals surface area contributed by atoms with Crippen LogP contribution in [-0.2, 0) is 12.3 Å². The molecule has 0 aliphatic rings. The van der Waals surface area contributed by atoms with Gasteiger partial charge in [-0.2, -0.15) is 0 Å². The lowest BCUT2D eigenvalue weighted by Gasteiger charge is -2.07. The van der Waals surface area contributed by atoms with Crippen molar-refractivity contribution in [3.63, 3.8) is 0 Å². The Hall–Kier alpha value is -1.42. The molecule has 2 aromatic rings. The second-order valence-electron chi connectivity index (χ2n) is 4.29. The second-order valence-corrected chi connectivity index (χ2v) is 5.34. The van der Waals surface area contributed by atoms with E-state index < -0.39 is 0 Å². The first kappa shape index (κ1) is 13.0. The Kier molecular flexibility index (Phi) is 4.70. The van der Waals surface area contributed by atoms with E-state index in [4.69, 9.17) is 5.73 Å². The molecule has 0 aliphatic carbocycles. The fraction of sp³-hybridized carbons (Fsp3) is 0.357. The first-order chi connectivity index (χ1) is 8.79. The number of anilines is 1. The summed E-state index contributed by atoms with van der Waals surface area (Å²) in [5.74, 6) is 0.952. The van der Waals surface area contributed by atoms with Gasteiger partial charge in [-0.1, -0.05) is 13.3 Å². The number of nitrogen functional groups attached to an aromatic ring is 1. The van der Waals surface area contributed by atoms with Crippen molar-refractivity contribution in [2.75, 3.05) is 5.73 Å². The van der Waals surface area contributed by atoms with Crippen LogP contribution in [0.15, 0.2) is 41.7 Å². The van der Waals surface area contributed by atoms with E-state index in [0.29, 0.717) is 0 Å². The predicted octanol–water partition coefficient (Wildman–Crippen LogP) is 3.56. The van der Waals surface area contributed by atoms with Crippen LogP contribution in [0.25, 0.3) is 0 Å². The smallest absolute Gasteiger partial charge is 0.0948 e. The molecule has 1 aromatic carbocycles. The Morgan fingerprint density at radius 1 is 1.28 bits per heavy atom. The van der Waals surface area contributed by atoms with Gasteiger partial charge in [0, 0.05) is 34.8 Å². The third kappa shape index (κ3) is 3.53. The molecule has 1 aromatic heterocycles. The van der Waals surface area contributed by atoms with Gasteiger partial charge in [0.2, 0.25) is 0 Å². The van der Waals surface area contributed by atoms with Gasteiger partial charge >= 0.3 is 0 Å². The van der Waals surface area contributed by atoms with Gasteiger partial charge in [0.05, 0.1) is 6.33 Å². The van der Waals surface area contributed by atoms with Gasteiger partial charge in [-0.25, -0.2) is 4.98 Å². The summed E-state index contributed by atoms with van der Waals surface area (Å²) in [4.78, 5) is 5.47. The molecular weight excluding hydrogens is 242 g/mol. The van der Waals surface area contributed by atoms with Crippen molar-refractivity contribution < 1.29 is 0 Å². The molecule has 0 fully saturated rings. The molecule has 1 heterocycles. The predicted molar refractivity (Wildman–Crippen MR) is 77.6 cm³/mol. The van der Waals surface area contributed by atoms with Crippen LogP contribution in [0.3, 0.4) is 0 Å². The molecule has 96 valence electrons. The number of unbranched alkanes of at least 4 members (excludes halogenated alkanes) is 1. The summed E-state index contributed by atoms with van der Waals surface area (Å²) < 4.78 is 2.24. The van der Waals surface area contributed by atoms with E-state index >= 15 is 0 Å². The summed E-state index contributed by atoms with van der Waals surface area (Å²) in [6.45, 7) is 3.27. The first-order valence-electron chi connectivity index (χ1n) is 6.27. The topological polar surface area (TPSA) is 43.8 Å². The normalized spacial score (nSPS) is 10.7. The highest BCUT2D eigenvalue weighted by Gasteiger charge is 2.02. The van der Waals surface area contributed by atoms with Gasteiger partial charge in [0.25, 0.3) is 0 Å². The molecule has 2 rings (SSSR count). The highest BCUT2D eigenvalue weighted by molar-refractivity contribution is 7.98. The molecule has 18 heavy (non-hydrogen) atoms. The summed E-state index contributed by atoms with van der Waals surface area (Å²) in [5.41, 5.74) is 7.77. The van der Waals surface area contributed by atoms with Crippen molar-refractivity contribution in [1.29, 1.82) is 0 Å². The van der Waals surface area contributed by atoms with Crippen LogP contribution in [0.1, 0.15) is 25.5 Å². The second kappa shape index (κ2) is 6.50. The average Bonchev–Trinajstić information content (AvgIpc) is 2.83. The molecule has 0 bridgehead atoms. The van der Waals surface area contributed by atoms with E-state index in [1.807, 2.05) is 36.4 Å². The van der Waals surface area contributed by atoms with Gasteiger partial charge in [-0.15, -0.1) is 11.8 Å². The molecule has 0 atom stereocenters. The van der Waals surface area contributed by atoms with E-state index in [1.165, 1.54) is 23.4 Å². The van der Waals surface area contributed by atoms with E-state index in [1.54, 1.807) is 0 Å². The van der Waals surface area contributed by atoms with E-state index in [0.717, 1.165) is 18.0 Å². The van der Waals surface area contributed by atoms with Gasteiger partial charge in [-0.3, -0.25) is 0 Å². The van der Waals surface area contributed by atoms with Crippen LogP contribution in [-0.4, -0.2) is 9.55 Å². The van der Waals surface area contributed by atoms with Gasteiger partial charge in [-0.05, 0) is 30.7 Å². The molecule has 3 nitrogen and oxygen atoms in total. The monoisotopic (exact) mass is 261 g/mol. The molecule has 0 unspecified atom stereocenters. The summed E-state index contributed by atoms with van der Waals surface area (Å²) in [6, 6.07) is 8.01. The summed E-state index contributed by atoms with van der Waals surface area (Å²) >= 11 is 1.82. The van der Waals surface area contributed by atoms with Crippen molar-refractivity contribution in [1.82, 2.24) is 9.55 Å². The molecule has 2 N–H and O–H groups in total. The lowest BCUT2D eigenvalue weighted by atomic mass is 10.3. The van der Waals surface area contributed by atoms with Gasteiger partial charge < -0.3 is 10.3 Å². The van der Waals surface area contributed by atoms with E-state index in [-0.39, 0.29) is 0 Å². The van der Waals surface area contributed by atoms with Crippen LogP contribution in [0.2, 0.25) is 0 Å². The number of nitrogens with zero attached hydrogens (tertiary/aromatic N) is 2. The minimum atomic E-state index is 0.812. The number of nitrogens with two attached hydrogens (primary N) is 1. The molecular formula is C14H19N3S. The quantitative estimate of drug-likeness (QED) is 0.638. The SMILES string of the molecule is CCCCn1cncc1CSc1ccc(N)cc1. The Bertz CT molecular complexity index is 476. The number of aryl methyl sites for hydroxylation is 1. The number of thioether (sulfide) groups is 1. The number of hydrogen-bond donors (Lipinski definition) is 1. The third-order valence-electron chi connectivity index (χ3n) is 2.82. The fourth-order valence-electron chi connectivity index (χ4n) is 1.72. The van der Waals surface area contributed by atoms with Crippen LogP contribution in [0.4, 0.5) is 5.69 Å². The molecule has 0 spiro atoms. The van der Waals surface area contributed by atoms with Crippen molar-refractivity contribution >= 4 is 17.4 Å². The lowest BCUT2D eigenvalue weighted by molar-refractivity contribution is 0.617. The van der Waals surface area contributed by atoms with E-state index in [2.05, 4.69) is 28.6 Å². The maximum absolute atomic E-state index is 5.67. The number of rotatable bonds is 6. The largest absolute Gasteiger partial charge is 0.399 e. The minimum Gasteiger partial charge on any atom is -0.399 e. The highest BCUT2D eigenvalue weighted by Crippen LogP contribution is 2.23. The number of imidazole rings is 1. The van der Waals surface area contributed by atoms with Crippen LogP contribution >= 0.6 is 11.8 Å². The minimum absolute atomic E-state index is 0.812. The Labute approximate surface area is 112 Å². The Balaban J connectivity index is 1.93.